The molecule has 2 atom stereocenters. The molecule has 3 heteroatoms. The molecule has 3 N–H and O–H groups in total. The number of rotatable bonds is 6. The minimum absolute atomic E-state index is 0.276. The van der Waals surface area contributed by atoms with Crippen LogP contribution in [0.3, 0.4) is 0 Å². The van der Waals surface area contributed by atoms with Gasteiger partial charge in [-0.1, -0.05) is 40.0 Å². The van der Waals surface area contributed by atoms with E-state index in [-0.39, 0.29) is 12.1 Å². The van der Waals surface area contributed by atoms with Gasteiger partial charge in [0, 0.05) is 13.2 Å². The Labute approximate surface area is 113 Å². The van der Waals surface area contributed by atoms with Crippen LogP contribution in [-0.4, -0.2) is 19.3 Å². The zero-order valence-electron chi connectivity index (χ0n) is 12.7. The minimum Gasteiger partial charge on any atom is -0.379 e. The second-order valence-corrected chi connectivity index (χ2v) is 6.97. The maximum absolute atomic E-state index is 5.77. The van der Waals surface area contributed by atoms with Gasteiger partial charge in [-0.2, -0.15) is 0 Å². The summed E-state index contributed by atoms with van der Waals surface area (Å²) in [4.78, 5) is 0. The molecule has 18 heavy (non-hydrogen) atoms. The first kappa shape index (κ1) is 15.9. The number of hydrazine groups is 1. The van der Waals surface area contributed by atoms with Crippen molar-refractivity contribution in [1.29, 1.82) is 0 Å². The molecule has 108 valence electrons. The quantitative estimate of drug-likeness (QED) is 0.566. The standard InChI is InChI=1S/C15H32N2O/c1-15(2,3)11-10-13(17-16)14(18-4)12-8-6-5-7-9-12/h12-14,17H,5-11,16H2,1-4H3. The predicted octanol–water partition coefficient (Wildman–Crippen LogP) is 3.24. The summed E-state index contributed by atoms with van der Waals surface area (Å²) in [7, 11) is 1.83. The average molecular weight is 256 g/mol. The van der Waals surface area contributed by atoms with Gasteiger partial charge in [0.1, 0.15) is 0 Å². The fourth-order valence-corrected chi connectivity index (χ4v) is 3.08. The van der Waals surface area contributed by atoms with E-state index in [2.05, 4.69) is 26.2 Å². The third-order valence-electron chi connectivity index (χ3n) is 4.20. The Bertz CT molecular complexity index is 219. The lowest BCUT2D eigenvalue weighted by molar-refractivity contribution is 0.00359. The predicted molar refractivity (Wildman–Crippen MR) is 77.2 cm³/mol. The molecule has 1 aliphatic rings. The van der Waals surface area contributed by atoms with Crippen molar-refractivity contribution >= 4 is 0 Å². The van der Waals surface area contributed by atoms with Crippen LogP contribution in [0.25, 0.3) is 0 Å². The normalized spacial score (nSPS) is 21.8. The summed E-state index contributed by atoms with van der Waals surface area (Å²) in [5.74, 6) is 6.44. The molecular formula is C15H32N2O. The second-order valence-electron chi connectivity index (χ2n) is 6.97. The lowest BCUT2D eigenvalue weighted by atomic mass is 9.80. The molecule has 0 aromatic rings. The van der Waals surface area contributed by atoms with Gasteiger partial charge in [0.25, 0.3) is 0 Å². The van der Waals surface area contributed by atoms with Crippen LogP contribution in [-0.2, 0) is 4.74 Å². The smallest absolute Gasteiger partial charge is 0.0765 e. The first-order valence-electron chi connectivity index (χ1n) is 7.47. The van der Waals surface area contributed by atoms with Crippen LogP contribution in [0, 0.1) is 11.3 Å². The number of nitrogens with two attached hydrogens (primary N) is 1. The van der Waals surface area contributed by atoms with Gasteiger partial charge in [-0.15, -0.1) is 0 Å². The molecule has 0 saturated heterocycles. The summed E-state index contributed by atoms with van der Waals surface area (Å²) in [6, 6.07) is 0.289. The van der Waals surface area contributed by atoms with Gasteiger partial charge in [0.15, 0.2) is 0 Å². The lowest BCUT2D eigenvalue weighted by Crippen LogP contribution is -2.48. The van der Waals surface area contributed by atoms with E-state index >= 15 is 0 Å². The average Bonchev–Trinajstić information content (AvgIpc) is 2.34. The lowest BCUT2D eigenvalue weighted by Gasteiger charge is -2.35. The van der Waals surface area contributed by atoms with Crippen molar-refractivity contribution in [3.8, 4) is 0 Å². The van der Waals surface area contributed by atoms with Gasteiger partial charge in [-0.25, -0.2) is 0 Å². The van der Waals surface area contributed by atoms with Gasteiger partial charge >= 0.3 is 0 Å². The number of methoxy groups -OCH3 is 1. The molecule has 0 bridgehead atoms. The van der Waals surface area contributed by atoms with Gasteiger partial charge in [0.2, 0.25) is 0 Å². The van der Waals surface area contributed by atoms with Crippen LogP contribution >= 0.6 is 0 Å². The van der Waals surface area contributed by atoms with E-state index in [9.17, 15) is 0 Å². The Morgan fingerprint density at radius 2 is 1.83 bits per heavy atom. The molecule has 2 unspecified atom stereocenters. The Kier molecular flexibility index (Phi) is 6.61. The maximum atomic E-state index is 5.77. The van der Waals surface area contributed by atoms with E-state index in [0.717, 1.165) is 6.42 Å². The van der Waals surface area contributed by atoms with Gasteiger partial charge in [-0.3, -0.25) is 11.3 Å². The first-order valence-corrected chi connectivity index (χ1v) is 7.47. The fourth-order valence-electron chi connectivity index (χ4n) is 3.08. The molecule has 0 amide bonds. The molecule has 1 saturated carbocycles. The molecule has 1 rings (SSSR count). The summed E-state index contributed by atoms with van der Waals surface area (Å²) >= 11 is 0. The molecule has 0 heterocycles. The van der Waals surface area contributed by atoms with Crippen molar-refractivity contribution in [3.63, 3.8) is 0 Å². The van der Waals surface area contributed by atoms with Crippen LogP contribution in [0.1, 0.15) is 65.7 Å². The molecule has 0 spiro atoms. The third-order valence-corrected chi connectivity index (χ3v) is 4.20. The Hall–Kier alpha value is -0.120. The molecule has 0 aromatic carbocycles. The van der Waals surface area contributed by atoms with Crippen LogP contribution in [0.2, 0.25) is 0 Å². The SMILES string of the molecule is COC(C1CCCCC1)C(CCC(C)(C)C)NN. The topological polar surface area (TPSA) is 47.3 Å². The van der Waals surface area contributed by atoms with Crippen LogP contribution < -0.4 is 11.3 Å². The summed E-state index contributed by atoms with van der Waals surface area (Å²) in [5.41, 5.74) is 3.36. The van der Waals surface area contributed by atoms with Crippen molar-refractivity contribution in [2.45, 2.75) is 77.9 Å². The molecule has 0 radical (unpaired) electrons. The Morgan fingerprint density at radius 3 is 2.28 bits per heavy atom. The summed E-state index contributed by atoms with van der Waals surface area (Å²) in [6.07, 6.45) is 9.22. The molecule has 0 aromatic heterocycles. The highest BCUT2D eigenvalue weighted by molar-refractivity contribution is 4.84. The number of ether oxygens (including phenoxy) is 1. The molecule has 0 aliphatic heterocycles. The van der Waals surface area contributed by atoms with Crippen molar-refractivity contribution < 1.29 is 4.74 Å². The maximum Gasteiger partial charge on any atom is 0.0765 e. The van der Waals surface area contributed by atoms with E-state index in [4.69, 9.17) is 10.6 Å². The number of hydrogen-bond donors (Lipinski definition) is 2. The largest absolute Gasteiger partial charge is 0.379 e. The Morgan fingerprint density at radius 1 is 1.22 bits per heavy atom. The molecule has 1 aliphatic carbocycles. The third kappa shape index (κ3) is 5.25. The van der Waals surface area contributed by atoms with E-state index in [1.807, 2.05) is 7.11 Å². The van der Waals surface area contributed by atoms with Crippen LogP contribution in [0.4, 0.5) is 0 Å². The van der Waals surface area contributed by atoms with Crippen LogP contribution in [0.15, 0.2) is 0 Å². The van der Waals surface area contributed by atoms with Gasteiger partial charge < -0.3 is 4.74 Å². The van der Waals surface area contributed by atoms with Crippen molar-refractivity contribution in [3.05, 3.63) is 0 Å². The Balaban J connectivity index is 2.53. The molecule has 3 nitrogen and oxygen atoms in total. The van der Waals surface area contributed by atoms with E-state index in [0.29, 0.717) is 11.3 Å². The monoisotopic (exact) mass is 256 g/mol. The van der Waals surface area contributed by atoms with Crippen molar-refractivity contribution in [2.75, 3.05) is 7.11 Å². The summed E-state index contributed by atoms with van der Waals surface area (Å²) in [5, 5.41) is 0. The highest BCUT2D eigenvalue weighted by Gasteiger charge is 2.30. The van der Waals surface area contributed by atoms with Crippen molar-refractivity contribution in [2.24, 2.45) is 17.2 Å². The summed E-state index contributed by atoms with van der Waals surface area (Å²) in [6.45, 7) is 6.84. The van der Waals surface area contributed by atoms with E-state index in [1.165, 1.54) is 38.5 Å². The highest BCUT2D eigenvalue weighted by Crippen LogP contribution is 2.31. The number of hydrogen-bond acceptors (Lipinski definition) is 3. The molecular weight excluding hydrogens is 224 g/mol. The summed E-state index contributed by atoms with van der Waals surface area (Å²) < 4.78 is 5.77. The second kappa shape index (κ2) is 7.46. The highest BCUT2D eigenvalue weighted by atomic mass is 16.5. The number of nitrogens with one attached hydrogen (secondary N) is 1. The molecule has 1 fully saturated rings. The van der Waals surface area contributed by atoms with Crippen LogP contribution in [0.5, 0.6) is 0 Å². The zero-order chi connectivity index (χ0) is 13.6. The van der Waals surface area contributed by atoms with Gasteiger partial charge in [-0.05, 0) is 37.0 Å². The zero-order valence-corrected chi connectivity index (χ0v) is 12.7. The van der Waals surface area contributed by atoms with Gasteiger partial charge in [0.05, 0.1) is 6.10 Å². The minimum atomic E-state index is 0.276. The van der Waals surface area contributed by atoms with Crippen molar-refractivity contribution in [1.82, 2.24) is 5.43 Å². The van der Waals surface area contributed by atoms with E-state index in [1.54, 1.807) is 0 Å². The van der Waals surface area contributed by atoms with E-state index < -0.39 is 0 Å². The fraction of sp³-hybridized carbons (Fsp3) is 1.00. The first-order chi connectivity index (χ1) is 8.48.